The predicted molar refractivity (Wildman–Crippen MR) is 73.7 cm³/mol. The molecule has 0 amide bonds. The van der Waals surface area contributed by atoms with Crippen LogP contribution in [0.15, 0.2) is 35.4 Å². The van der Waals surface area contributed by atoms with Gasteiger partial charge in [-0.1, -0.05) is 29.5 Å². The lowest BCUT2D eigenvalue weighted by molar-refractivity contribution is -0.131. The number of aromatic nitrogens is 3. The second kappa shape index (κ2) is 4.86. The van der Waals surface area contributed by atoms with Crippen LogP contribution < -0.4 is 14.8 Å². The SMILES string of the molecule is CC(=O)Oc1ccccc1C=c1sc2ncnn2c1=O. The molecule has 0 radical (unpaired) electrons. The lowest BCUT2D eigenvalue weighted by Gasteiger charge is -2.03. The largest absolute Gasteiger partial charge is 0.426 e. The van der Waals surface area contributed by atoms with Crippen molar-refractivity contribution < 1.29 is 9.53 Å². The van der Waals surface area contributed by atoms with Crippen LogP contribution in [0.5, 0.6) is 5.75 Å². The van der Waals surface area contributed by atoms with Crippen LogP contribution >= 0.6 is 11.3 Å². The third-order valence-electron chi connectivity index (χ3n) is 2.58. The monoisotopic (exact) mass is 287 g/mol. The summed E-state index contributed by atoms with van der Waals surface area (Å²) in [7, 11) is 0. The third-order valence-corrected chi connectivity index (χ3v) is 3.55. The van der Waals surface area contributed by atoms with Crippen LogP contribution in [0.4, 0.5) is 0 Å². The van der Waals surface area contributed by atoms with Crippen LogP contribution in [-0.2, 0) is 4.79 Å². The van der Waals surface area contributed by atoms with Crippen molar-refractivity contribution >= 4 is 28.3 Å². The fourth-order valence-corrected chi connectivity index (χ4v) is 2.64. The molecule has 7 heteroatoms. The summed E-state index contributed by atoms with van der Waals surface area (Å²) in [6.07, 6.45) is 3.01. The van der Waals surface area contributed by atoms with E-state index in [1.807, 2.05) is 0 Å². The number of rotatable bonds is 2. The topological polar surface area (TPSA) is 73.6 Å². The number of esters is 1. The maximum Gasteiger partial charge on any atom is 0.308 e. The van der Waals surface area contributed by atoms with Gasteiger partial charge in [-0.25, -0.2) is 4.98 Å². The van der Waals surface area contributed by atoms with E-state index in [9.17, 15) is 9.59 Å². The van der Waals surface area contributed by atoms with Crippen molar-refractivity contribution in [3.05, 3.63) is 51.0 Å². The van der Waals surface area contributed by atoms with Gasteiger partial charge in [0.2, 0.25) is 4.96 Å². The van der Waals surface area contributed by atoms with E-state index >= 15 is 0 Å². The number of para-hydroxylation sites is 1. The number of benzene rings is 1. The first-order valence-electron chi connectivity index (χ1n) is 5.77. The number of carbonyl (C=O) groups is 1. The Hall–Kier alpha value is -2.54. The van der Waals surface area contributed by atoms with Crippen molar-refractivity contribution in [3.63, 3.8) is 0 Å². The van der Waals surface area contributed by atoms with Crippen LogP contribution in [-0.4, -0.2) is 20.6 Å². The van der Waals surface area contributed by atoms with Crippen molar-refractivity contribution in [3.8, 4) is 5.75 Å². The molecule has 0 saturated heterocycles. The zero-order valence-corrected chi connectivity index (χ0v) is 11.3. The summed E-state index contributed by atoms with van der Waals surface area (Å²) in [6, 6.07) is 7.01. The Balaban J connectivity index is 2.16. The Morgan fingerprint density at radius 3 is 2.95 bits per heavy atom. The van der Waals surface area contributed by atoms with Crippen molar-refractivity contribution in [2.45, 2.75) is 6.92 Å². The smallest absolute Gasteiger partial charge is 0.308 e. The fourth-order valence-electron chi connectivity index (χ4n) is 1.77. The molecule has 0 N–H and O–H groups in total. The summed E-state index contributed by atoms with van der Waals surface area (Å²) in [6.45, 7) is 1.33. The predicted octanol–water partition coefficient (Wildman–Crippen LogP) is 0.624. The molecular weight excluding hydrogens is 278 g/mol. The number of ether oxygens (including phenoxy) is 1. The first kappa shape index (κ1) is 12.5. The molecule has 0 spiro atoms. The van der Waals surface area contributed by atoms with Gasteiger partial charge in [-0.2, -0.15) is 9.61 Å². The Labute approximate surface area is 116 Å². The van der Waals surface area contributed by atoms with E-state index in [1.54, 1.807) is 30.3 Å². The standard InChI is InChI=1S/C13H9N3O3S/c1-8(17)19-10-5-3-2-4-9(10)6-11-12(18)16-13(20-11)14-7-15-16/h2-7H,1H3. The fraction of sp³-hybridized carbons (Fsp3) is 0.0769. The molecule has 0 fully saturated rings. The highest BCUT2D eigenvalue weighted by Crippen LogP contribution is 2.18. The zero-order valence-electron chi connectivity index (χ0n) is 10.4. The van der Waals surface area contributed by atoms with Crippen molar-refractivity contribution in [1.82, 2.24) is 14.6 Å². The molecule has 1 aromatic carbocycles. The molecule has 2 aromatic heterocycles. The molecule has 0 aliphatic carbocycles. The number of thiazole rings is 1. The minimum absolute atomic E-state index is 0.236. The van der Waals surface area contributed by atoms with Gasteiger partial charge < -0.3 is 4.74 Å². The molecule has 0 aliphatic heterocycles. The van der Waals surface area contributed by atoms with Gasteiger partial charge in [0.05, 0.1) is 4.53 Å². The highest BCUT2D eigenvalue weighted by molar-refractivity contribution is 7.15. The maximum atomic E-state index is 12.1. The van der Waals surface area contributed by atoms with Crippen molar-refractivity contribution in [2.75, 3.05) is 0 Å². The van der Waals surface area contributed by atoms with Gasteiger partial charge in [-0.05, 0) is 12.1 Å². The molecule has 0 aliphatic rings. The number of carbonyl (C=O) groups excluding carboxylic acids is 1. The highest BCUT2D eigenvalue weighted by Gasteiger charge is 2.07. The highest BCUT2D eigenvalue weighted by atomic mass is 32.1. The molecule has 100 valence electrons. The van der Waals surface area contributed by atoms with Gasteiger partial charge >= 0.3 is 5.97 Å². The van der Waals surface area contributed by atoms with Crippen LogP contribution in [0, 0.1) is 0 Å². The quantitative estimate of drug-likeness (QED) is 0.510. The van der Waals surface area contributed by atoms with E-state index in [0.29, 0.717) is 20.8 Å². The van der Waals surface area contributed by atoms with E-state index in [4.69, 9.17) is 4.74 Å². The summed E-state index contributed by atoms with van der Waals surface area (Å²) in [5, 5.41) is 3.85. The van der Waals surface area contributed by atoms with E-state index < -0.39 is 5.97 Å². The van der Waals surface area contributed by atoms with E-state index in [2.05, 4.69) is 10.1 Å². The van der Waals surface area contributed by atoms with Gasteiger partial charge in [0.15, 0.2) is 0 Å². The third kappa shape index (κ3) is 2.19. The maximum absolute atomic E-state index is 12.1. The summed E-state index contributed by atoms with van der Waals surface area (Å²) >= 11 is 1.23. The molecule has 20 heavy (non-hydrogen) atoms. The normalized spacial score (nSPS) is 11.9. The molecule has 0 saturated carbocycles. The summed E-state index contributed by atoms with van der Waals surface area (Å²) in [5.41, 5.74) is 0.421. The Kier molecular flexibility index (Phi) is 3.03. The minimum atomic E-state index is -0.407. The average Bonchev–Trinajstić information content (AvgIpc) is 2.96. The summed E-state index contributed by atoms with van der Waals surface area (Å²) in [5.74, 6) is 0.00856. The van der Waals surface area contributed by atoms with Crippen LogP contribution in [0.3, 0.4) is 0 Å². The lowest BCUT2D eigenvalue weighted by Crippen LogP contribution is -2.23. The van der Waals surface area contributed by atoms with Crippen LogP contribution in [0.2, 0.25) is 0 Å². The molecule has 0 unspecified atom stereocenters. The molecule has 3 rings (SSSR count). The molecule has 6 nitrogen and oxygen atoms in total. The van der Waals surface area contributed by atoms with E-state index in [-0.39, 0.29) is 5.56 Å². The van der Waals surface area contributed by atoms with Gasteiger partial charge in [0.25, 0.3) is 5.56 Å². The second-order valence-electron chi connectivity index (χ2n) is 4.00. The van der Waals surface area contributed by atoms with Crippen LogP contribution in [0.1, 0.15) is 12.5 Å². The molecular formula is C13H9N3O3S. The first-order chi connectivity index (χ1) is 9.65. The minimum Gasteiger partial charge on any atom is -0.426 e. The van der Waals surface area contributed by atoms with Gasteiger partial charge in [-0.15, -0.1) is 0 Å². The van der Waals surface area contributed by atoms with E-state index in [0.717, 1.165) is 0 Å². The van der Waals surface area contributed by atoms with Crippen LogP contribution in [0.25, 0.3) is 11.0 Å². The lowest BCUT2D eigenvalue weighted by atomic mass is 10.2. The van der Waals surface area contributed by atoms with E-state index in [1.165, 1.54) is 29.1 Å². The Bertz CT molecular complexity index is 897. The zero-order chi connectivity index (χ0) is 14.1. The molecule has 0 bridgehead atoms. The second-order valence-corrected chi connectivity index (χ2v) is 5.01. The number of hydrogen-bond acceptors (Lipinski definition) is 6. The molecule has 3 aromatic rings. The van der Waals surface area contributed by atoms with Gasteiger partial charge in [0, 0.05) is 12.5 Å². The van der Waals surface area contributed by atoms with Gasteiger partial charge in [0.1, 0.15) is 12.1 Å². The number of fused-ring (bicyclic) bond motifs is 1. The number of hydrogen-bond donors (Lipinski definition) is 0. The first-order valence-corrected chi connectivity index (χ1v) is 6.58. The van der Waals surface area contributed by atoms with Crippen molar-refractivity contribution in [2.24, 2.45) is 0 Å². The Morgan fingerprint density at radius 1 is 1.40 bits per heavy atom. The molecule has 2 heterocycles. The number of nitrogens with zero attached hydrogens (tertiary/aromatic N) is 3. The molecule has 0 atom stereocenters. The summed E-state index contributed by atoms with van der Waals surface area (Å²) < 4.78 is 6.83. The summed E-state index contributed by atoms with van der Waals surface area (Å²) in [4.78, 5) is 27.6. The Morgan fingerprint density at radius 2 is 2.20 bits per heavy atom. The average molecular weight is 287 g/mol. The van der Waals surface area contributed by atoms with Crippen molar-refractivity contribution in [1.29, 1.82) is 0 Å². The van der Waals surface area contributed by atoms with Gasteiger partial charge in [-0.3, -0.25) is 9.59 Å².